The van der Waals surface area contributed by atoms with E-state index in [1.807, 2.05) is 13.8 Å². The monoisotopic (exact) mass is 624 g/mol. The van der Waals surface area contributed by atoms with Gasteiger partial charge in [-0.3, -0.25) is 9.59 Å². The molecule has 0 amide bonds. The third-order valence-corrected chi connectivity index (χ3v) is 9.49. The highest BCUT2D eigenvalue weighted by molar-refractivity contribution is 7.91. The second-order valence-corrected chi connectivity index (χ2v) is 13.4. The highest BCUT2D eigenvalue weighted by Gasteiger charge is 2.20. The van der Waals surface area contributed by atoms with Gasteiger partial charge >= 0.3 is 11.9 Å². The number of esters is 2. The standard InChI is InChI=1S/C31H28O10S2/c1-21(2)39-23-5-13-27(14-6-23)43(37,38)29-17-9-25(10-18-29)41-31(34)20-19-30(33)40-24-7-15-28(16-8-24)42(35,36)26-11-3-22(32)4-12-26/h3-18,21,32H,19-20H2,1-2H3. The molecular weight excluding hydrogens is 596 g/mol. The zero-order valence-electron chi connectivity index (χ0n) is 23.2. The van der Waals surface area contributed by atoms with Gasteiger partial charge in [-0.1, -0.05) is 0 Å². The first-order valence-electron chi connectivity index (χ1n) is 13.0. The van der Waals surface area contributed by atoms with Crippen molar-refractivity contribution in [3.63, 3.8) is 0 Å². The molecule has 0 unspecified atom stereocenters. The van der Waals surface area contributed by atoms with E-state index in [1.54, 1.807) is 12.1 Å². The van der Waals surface area contributed by atoms with Gasteiger partial charge in [0.2, 0.25) is 19.7 Å². The number of carbonyl (C=O) groups excluding carboxylic acids is 2. The van der Waals surface area contributed by atoms with E-state index in [2.05, 4.69) is 0 Å². The fraction of sp³-hybridized carbons (Fsp3) is 0.161. The summed E-state index contributed by atoms with van der Waals surface area (Å²) in [5, 5.41) is 9.37. The first-order valence-corrected chi connectivity index (χ1v) is 16.0. The molecule has 10 nitrogen and oxygen atoms in total. The molecular formula is C31H28O10S2. The molecule has 0 aliphatic carbocycles. The quantitative estimate of drug-likeness (QED) is 0.176. The minimum atomic E-state index is -3.83. The highest BCUT2D eigenvalue weighted by Crippen LogP contribution is 2.27. The van der Waals surface area contributed by atoms with Crippen LogP contribution in [0.4, 0.5) is 0 Å². The number of benzene rings is 4. The predicted octanol–water partition coefficient (Wildman–Crippen LogP) is 5.14. The van der Waals surface area contributed by atoms with E-state index in [0.29, 0.717) is 5.75 Å². The lowest BCUT2D eigenvalue weighted by Gasteiger charge is -2.11. The minimum Gasteiger partial charge on any atom is -0.508 e. The van der Waals surface area contributed by atoms with Gasteiger partial charge in [0.1, 0.15) is 23.0 Å². The van der Waals surface area contributed by atoms with Gasteiger partial charge in [-0.25, -0.2) is 16.8 Å². The summed E-state index contributed by atoms with van der Waals surface area (Å²) in [6.07, 6.45) is -0.667. The largest absolute Gasteiger partial charge is 0.508 e. The molecule has 0 spiro atoms. The van der Waals surface area contributed by atoms with E-state index in [1.165, 1.54) is 84.9 Å². The molecule has 0 saturated carbocycles. The number of hydrogen-bond donors (Lipinski definition) is 1. The molecule has 0 aliphatic heterocycles. The lowest BCUT2D eigenvalue weighted by atomic mass is 10.3. The van der Waals surface area contributed by atoms with Crippen molar-refractivity contribution in [3.05, 3.63) is 97.1 Å². The molecule has 0 radical (unpaired) electrons. The number of hydrogen-bond acceptors (Lipinski definition) is 10. The van der Waals surface area contributed by atoms with Crippen LogP contribution in [0.2, 0.25) is 0 Å². The van der Waals surface area contributed by atoms with Crippen molar-refractivity contribution in [2.45, 2.75) is 52.4 Å². The summed E-state index contributed by atoms with van der Waals surface area (Å²) < 4.78 is 67.2. The lowest BCUT2D eigenvalue weighted by Crippen LogP contribution is -2.14. The summed E-state index contributed by atoms with van der Waals surface area (Å²) in [7, 11) is -7.64. The number of carbonyl (C=O) groups is 2. The topological polar surface area (TPSA) is 150 Å². The van der Waals surface area contributed by atoms with E-state index < -0.39 is 31.6 Å². The molecule has 4 aromatic carbocycles. The molecule has 43 heavy (non-hydrogen) atoms. The fourth-order valence-corrected chi connectivity index (χ4v) is 6.33. The van der Waals surface area contributed by atoms with E-state index in [4.69, 9.17) is 14.2 Å². The van der Waals surface area contributed by atoms with E-state index >= 15 is 0 Å². The third-order valence-electron chi connectivity index (χ3n) is 5.92. The summed E-state index contributed by atoms with van der Waals surface area (Å²) in [6, 6.07) is 21.6. The molecule has 0 aromatic heterocycles. The van der Waals surface area contributed by atoms with Crippen molar-refractivity contribution in [1.29, 1.82) is 0 Å². The lowest BCUT2D eigenvalue weighted by molar-refractivity contribution is -0.140. The number of ether oxygens (including phenoxy) is 3. The van der Waals surface area contributed by atoms with Crippen LogP contribution >= 0.6 is 0 Å². The predicted molar refractivity (Wildman–Crippen MR) is 155 cm³/mol. The van der Waals surface area contributed by atoms with Gasteiger partial charge in [0.25, 0.3) is 0 Å². The molecule has 4 aromatic rings. The van der Waals surface area contributed by atoms with Crippen molar-refractivity contribution >= 4 is 31.6 Å². The van der Waals surface area contributed by atoms with Crippen LogP contribution in [0.5, 0.6) is 23.0 Å². The van der Waals surface area contributed by atoms with Crippen LogP contribution in [-0.2, 0) is 29.3 Å². The van der Waals surface area contributed by atoms with E-state index in [0.717, 1.165) is 0 Å². The van der Waals surface area contributed by atoms with Crippen LogP contribution in [0, 0.1) is 0 Å². The maximum Gasteiger partial charge on any atom is 0.311 e. The molecule has 12 heteroatoms. The summed E-state index contributed by atoms with van der Waals surface area (Å²) in [5.41, 5.74) is 0. The Balaban J connectivity index is 1.28. The number of sulfone groups is 2. The van der Waals surface area contributed by atoms with Crippen LogP contribution in [0.25, 0.3) is 0 Å². The maximum atomic E-state index is 12.9. The van der Waals surface area contributed by atoms with Crippen LogP contribution in [0.15, 0.2) is 117 Å². The Kier molecular flexibility index (Phi) is 9.52. The maximum absolute atomic E-state index is 12.9. The molecule has 0 saturated heterocycles. The van der Waals surface area contributed by atoms with Gasteiger partial charge in [0.05, 0.1) is 38.5 Å². The first-order chi connectivity index (χ1) is 20.3. The SMILES string of the molecule is CC(C)Oc1ccc(S(=O)(=O)c2ccc(OC(=O)CCC(=O)Oc3ccc(S(=O)(=O)c4ccc(O)cc4)cc3)cc2)cc1. The Morgan fingerprint density at radius 2 is 0.860 bits per heavy atom. The van der Waals surface area contributed by atoms with Crippen molar-refractivity contribution in [2.75, 3.05) is 0 Å². The molecule has 0 fully saturated rings. The minimum absolute atomic E-state index is 0.00725. The van der Waals surface area contributed by atoms with E-state index in [-0.39, 0.29) is 55.8 Å². The number of aromatic hydroxyl groups is 1. The Morgan fingerprint density at radius 3 is 1.19 bits per heavy atom. The molecule has 0 bridgehead atoms. The Hall–Kier alpha value is -4.68. The second-order valence-electron chi connectivity index (χ2n) is 9.53. The van der Waals surface area contributed by atoms with Gasteiger partial charge in [0, 0.05) is 0 Å². The zero-order valence-corrected chi connectivity index (χ0v) is 24.8. The Labute approximate surface area is 249 Å². The van der Waals surface area contributed by atoms with Gasteiger partial charge in [-0.2, -0.15) is 0 Å². The van der Waals surface area contributed by atoms with Gasteiger partial charge < -0.3 is 19.3 Å². The molecule has 0 atom stereocenters. The van der Waals surface area contributed by atoms with Crippen molar-refractivity contribution < 1.29 is 45.7 Å². The second kappa shape index (κ2) is 13.1. The van der Waals surface area contributed by atoms with E-state index in [9.17, 15) is 31.5 Å². The molecule has 0 aliphatic rings. The normalized spacial score (nSPS) is 11.6. The Morgan fingerprint density at radius 1 is 0.558 bits per heavy atom. The molecule has 4 rings (SSSR count). The molecule has 0 heterocycles. The molecule has 1 N–H and O–H groups in total. The van der Waals surface area contributed by atoms with Crippen molar-refractivity contribution in [1.82, 2.24) is 0 Å². The van der Waals surface area contributed by atoms with Crippen LogP contribution < -0.4 is 14.2 Å². The number of rotatable bonds is 11. The average molecular weight is 625 g/mol. The third kappa shape index (κ3) is 7.99. The van der Waals surface area contributed by atoms with Crippen molar-refractivity contribution in [3.8, 4) is 23.0 Å². The van der Waals surface area contributed by atoms with Gasteiger partial charge in [0.15, 0.2) is 0 Å². The summed E-state index contributed by atoms with van der Waals surface area (Å²) in [4.78, 5) is 24.5. The highest BCUT2D eigenvalue weighted by atomic mass is 32.2. The first kappa shape index (κ1) is 31.3. The smallest absolute Gasteiger partial charge is 0.311 e. The average Bonchev–Trinajstić information content (AvgIpc) is 2.97. The summed E-state index contributed by atoms with van der Waals surface area (Å²) >= 11 is 0. The van der Waals surface area contributed by atoms with Crippen LogP contribution in [0.1, 0.15) is 26.7 Å². The fourth-order valence-electron chi connectivity index (χ4n) is 3.81. The summed E-state index contributed by atoms with van der Waals surface area (Å²) in [6.45, 7) is 3.73. The zero-order chi connectivity index (χ0) is 31.2. The van der Waals surface area contributed by atoms with Crippen LogP contribution in [-0.4, -0.2) is 40.0 Å². The Bertz CT molecular complexity index is 1790. The van der Waals surface area contributed by atoms with Crippen LogP contribution in [0.3, 0.4) is 0 Å². The van der Waals surface area contributed by atoms with Crippen molar-refractivity contribution in [2.24, 2.45) is 0 Å². The van der Waals surface area contributed by atoms with Gasteiger partial charge in [-0.15, -0.1) is 0 Å². The number of phenols is 1. The number of phenolic OH excluding ortho intramolecular Hbond substituents is 1. The van der Waals surface area contributed by atoms with Gasteiger partial charge in [-0.05, 0) is 111 Å². The molecule has 224 valence electrons. The summed E-state index contributed by atoms with van der Waals surface area (Å²) in [5.74, 6) is -0.800.